The minimum absolute atomic E-state index is 0.0823. The normalized spacial score (nSPS) is 10.7. The molecule has 0 fully saturated rings. The van der Waals surface area contributed by atoms with Gasteiger partial charge in [0, 0.05) is 23.1 Å². The number of para-hydroxylation sites is 1. The van der Waals surface area contributed by atoms with E-state index in [1.807, 2.05) is 55.5 Å². The van der Waals surface area contributed by atoms with Gasteiger partial charge in [-0.05, 0) is 55.3 Å². The van der Waals surface area contributed by atoms with E-state index >= 15 is 0 Å². The molecule has 4 rings (SSSR count). The number of aromatic nitrogens is 1. The highest BCUT2D eigenvalue weighted by molar-refractivity contribution is 6.14. The summed E-state index contributed by atoms with van der Waals surface area (Å²) in [4.78, 5) is 28.9. The fraction of sp³-hybridized carbons (Fsp3) is 0.120. The van der Waals surface area contributed by atoms with Crippen LogP contribution in [-0.4, -0.2) is 22.9 Å². The molecule has 0 saturated heterocycles. The number of methoxy groups -OCH3 is 1. The van der Waals surface area contributed by atoms with Crippen LogP contribution in [0.5, 0.6) is 5.75 Å². The smallest absolute Gasteiger partial charge is 0.271 e. The molecule has 160 valence electrons. The van der Waals surface area contributed by atoms with E-state index in [1.165, 1.54) is 12.1 Å². The van der Waals surface area contributed by atoms with Crippen molar-refractivity contribution in [2.24, 2.45) is 0 Å². The molecule has 1 heterocycles. The van der Waals surface area contributed by atoms with Gasteiger partial charge in [-0.25, -0.2) is 4.98 Å². The second-order valence-corrected chi connectivity index (χ2v) is 7.42. The van der Waals surface area contributed by atoms with Gasteiger partial charge in [0.2, 0.25) is 0 Å². The highest BCUT2D eigenvalue weighted by atomic mass is 16.6. The number of anilines is 1. The van der Waals surface area contributed by atoms with Crippen LogP contribution in [0.1, 0.15) is 21.5 Å². The van der Waals surface area contributed by atoms with E-state index < -0.39 is 4.92 Å². The van der Waals surface area contributed by atoms with E-state index in [-0.39, 0.29) is 11.6 Å². The third kappa shape index (κ3) is 3.88. The molecule has 0 bridgehead atoms. The molecular formula is C25H21N3O4. The van der Waals surface area contributed by atoms with Gasteiger partial charge in [0.25, 0.3) is 11.6 Å². The summed E-state index contributed by atoms with van der Waals surface area (Å²) in [5.41, 5.74) is 4.47. The van der Waals surface area contributed by atoms with Crippen LogP contribution in [0, 0.1) is 24.0 Å². The van der Waals surface area contributed by atoms with E-state index in [2.05, 4.69) is 5.32 Å². The van der Waals surface area contributed by atoms with Crippen molar-refractivity contribution in [3.8, 4) is 17.0 Å². The first kappa shape index (κ1) is 21.0. The number of nitro benzene ring substituents is 1. The number of hydrogen-bond donors (Lipinski definition) is 1. The third-order valence-electron chi connectivity index (χ3n) is 5.41. The van der Waals surface area contributed by atoms with Gasteiger partial charge in [0.05, 0.1) is 34.5 Å². The van der Waals surface area contributed by atoms with Crippen LogP contribution in [0.3, 0.4) is 0 Å². The predicted molar refractivity (Wildman–Crippen MR) is 124 cm³/mol. The van der Waals surface area contributed by atoms with Crippen molar-refractivity contribution >= 4 is 28.2 Å². The highest BCUT2D eigenvalue weighted by Gasteiger charge is 2.20. The molecule has 7 heteroatoms. The number of benzene rings is 3. The summed E-state index contributed by atoms with van der Waals surface area (Å²) < 4.78 is 5.24. The van der Waals surface area contributed by atoms with Crippen molar-refractivity contribution in [2.45, 2.75) is 13.8 Å². The molecule has 0 spiro atoms. The number of amides is 1. The average Bonchev–Trinajstić information content (AvgIpc) is 2.80. The highest BCUT2D eigenvalue weighted by Crippen LogP contribution is 2.32. The molecular weight excluding hydrogens is 406 g/mol. The summed E-state index contributed by atoms with van der Waals surface area (Å²) >= 11 is 0. The molecule has 0 atom stereocenters. The fourth-order valence-electron chi connectivity index (χ4n) is 3.67. The van der Waals surface area contributed by atoms with Crippen molar-refractivity contribution in [3.05, 3.63) is 93.5 Å². The number of nitrogens with zero attached hydrogens (tertiary/aromatic N) is 2. The zero-order chi connectivity index (χ0) is 22.8. The van der Waals surface area contributed by atoms with Gasteiger partial charge in [-0.2, -0.15) is 0 Å². The number of aryl methyl sites for hydroxylation is 1. The van der Waals surface area contributed by atoms with E-state index in [9.17, 15) is 14.9 Å². The summed E-state index contributed by atoms with van der Waals surface area (Å²) in [5, 5.41) is 14.7. The Labute approximate surface area is 184 Å². The minimum atomic E-state index is -0.482. The summed E-state index contributed by atoms with van der Waals surface area (Å²) in [7, 11) is 1.60. The lowest BCUT2D eigenvalue weighted by atomic mass is 9.97. The number of nitrogens with one attached hydrogen (secondary N) is 1. The first-order chi connectivity index (χ1) is 15.4. The first-order valence-electron chi connectivity index (χ1n) is 9.99. The van der Waals surface area contributed by atoms with Gasteiger partial charge in [-0.1, -0.05) is 24.3 Å². The molecule has 7 nitrogen and oxygen atoms in total. The van der Waals surface area contributed by atoms with Crippen LogP contribution in [0.25, 0.3) is 22.2 Å². The molecule has 32 heavy (non-hydrogen) atoms. The van der Waals surface area contributed by atoms with Crippen molar-refractivity contribution < 1.29 is 14.5 Å². The van der Waals surface area contributed by atoms with Gasteiger partial charge in [-0.15, -0.1) is 0 Å². The standard InChI is InChI=1S/C25H21N3O4/c1-15-8-11-18(28(30)31)14-22(15)27-25(29)23-16(2)24(17-9-12-19(32-3)13-10-17)26-21-7-5-4-6-20(21)23/h4-14H,1-3H3,(H,27,29). The molecule has 0 saturated carbocycles. The van der Waals surface area contributed by atoms with Crippen molar-refractivity contribution in [2.75, 3.05) is 12.4 Å². The topological polar surface area (TPSA) is 94.4 Å². The van der Waals surface area contributed by atoms with Gasteiger partial charge < -0.3 is 10.1 Å². The predicted octanol–water partition coefficient (Wildman–Crippen LogP) is 5.69. The summed E-state index contributed by atoms with van der Waals surface area (Å²) in [5.74, 6) is 0.380. The molecule has 0 radical (unpaired) electrons. The van der Waals surface area contributed by atoms with Crippen LogP contribution in [0.4, 0.5) is 11.4 Å². The number of hydrogen-bond acceptors (Lipinski definition) is 5. The Kier molecular flexibility index (Phi) is 5.55. The summed E-state index contributed by atoms with van der Waals surface area (Å²) in [6, 6.07) is 19.3. The van der Waals surface area contributed by atoms with Crippen LogP contribution < -0.4 is 10.1 Å². The Morgan fingerprint density at radius 3 is 2.44 bits per heavy atom. The van der Waals surface area contributed by atoms with Crippen molar-refractivity contribution in [3.63, 3.8) is 0 Å². The minimum Gasteiger partial charge on any atom is -0.497 e. The van der Waals surface area contributed by atoms with E-state index in [0.717, 1.165) is 22.4 Å². The van der Waals surface area contributed by atoms with E-state index in [0.29, 0.717) is 27.8 Å². The van der Waals surface area contributed by atoms with Gasteiger partial charge in [-0.3, -0.25) is 14.9 Å². The van der Waals surface area contributed by atoms with E-state index in [4.69, 9.17) is 9.72 Å². The maximum Gasteiger partial charge on any atom is 0.271 e. The zero-order valence-corrected chi connectivity index (χ0v) is 17.9. The van der Waals surface area contributed by atoms with Crippen LogP contribution in [-0.2, 0) is 0 Å². The zero-order valence-electron chi connectivity index (χ0n) is 17.9. The molecule has 0 unspecified atom stereocenters. The SMILES string of the molecule is COc1ccc(-c2nc3ccccc3c(C(=O)Nc3cc([N+](=O)[O-])ccc3C)c2C)cc1. The van der Waals surface area contributed by atoms with Crippen molar-refractivity contribution in [1.29, 1.82) is 0 Å². The lowest BCUT2D eigenvalue weighted by Gasteiger charge is -2.16. The third-order valence-corrected chi connectivity index (χ3v) is 5.41. The lowest BCUT2D eigenvalue weighted by molar-refractivity contribution is -0.384. The number of carbonyl (C=O) groups is 1. The maximum absolute atomic E-state index is 13.4. The van der Waals surface area contributed by atoms with E-state index in [1.54, 1.807) is 20.1 Å². The Morgan fingerprint density at radius 1 is 1.03 bits per heavy atom. The van der Waals surface area contributed by atoms with Gasteiger partial charge >= 0.3 is 0 Å². The Balaban J connectivity index is 1.84. The number of pyridine rings is 1. The Hall–Kier alpha value is -4.26. The largest absolute Gasteiger partial charge is 0.497 e. The number of fused-ring (bicyclic) bond motifs is 1. The summed E-state index contributed by atoms with van der Waals surface area (Å²) in [6.45, 7) is 3.65. The Morgan fingerprint density at radius 2 is 1.75 bits per heavy atom. The number of non-ortho nitro benzene ring substituents is 1. The number of nitro groups is 1. The lowest BCUT2D eigenvalue weighted by Crippen LogP contribution is -2.16. The number of carbonyl (C=O) groups excluding carboxylic acids is 1. The maximum atomic E-state index is 13.4. The first-order valence-corrected chi connectivity index (χ1v) is 9.99. The molecule has 1 amide bonds. The monoisotopic (exact) mass is 427 g/mol. The van der Waals surface area contributed by atoms with Crippen LogP contribution in [0.2, 0.25) is 0 Å². The molecule has 0 aliphatic carbocycles. The number of rotatable bonds is 5. The molecule has 4 aromatic rings. The fourth-order valence-corrected chi connectivity index (χ4v) is 3.67. The average molecular weight is 427 g/mol. The quantitative estimate of drug-likeness (QED) is 0.326. The molecule has 1 aromatic heterocycles. The van der Waals surface area contributed by atoms with Crippen molar-refractivity contribution in [1.82, 2.24) is 4.98 Å². The number of ether oxygens (including phenoxy) is 1. The molecule has 1 N–H and O–H groups in total. The molecule has 0 aliphatic rings. The van der Waals surface area contributed by atoms with Gasteiger partial charge in [0.1, 0.15) is 5.75 Å². The second-order valence-electron chi connectivity index (χ2n) is 7.42. The van der Waals surface area contributed by atoms with Crippen LogP contribution >= 0.6 is 0 Å². The van der Waals surface area contributed by atoms with Gasteiger partial charge in [0.15, 0.2) is 0 Å². The second kappa shape index (κ2) is 8.47. The molecule has 3 aromatic carbocycles. The molecule has 0 aliphatic heterocycles. The Bertz CT molecular complexity index is 1350. The van der Waals surface area contributed by atoms with Crippen LogP contribution in [0.15, 0.2) is 66.7 Å². The summed E-state index contributed by atoms with van der Waals surface area (Å²) in [6.07, 6.45) is 0.